The molecule has 19 rings (SSSR count). The van der Waals surface area contributed by atoms with Gasteiger partial charge in [-0.3, -0.25) is 4.79 Å². The Labute approximate surface area is 594 Å². The van der Waals surface area contributed by atoms with Gasteiger partial charge in [-0.05, 0) is 184 Å². The summed E-state index contributed by atoms with van der Waals surface area (Å²) in [5.41, 5.74) is 26.9. The quantitative estimate of drug-likeness (QED) is 0.0295. The highest BCUT2D eigenvalue weighted by Gasteiger charge is 2.67. The number of phenolic OH excluding ortho intramolecular Hbond substituents is 1. The number of guanidine groups is 1. The molecular weight excluding hydrogens is 1270 g/mol. The number of piperazine rings is 1. The van der Waals surface area contributed by atoms with E-state index in [0.29, 0.717) is 48.4 Å². The number of aliphatic hydroxyl groups excluding tert-OH is 2. The smallest absolute Gasteiger partial charge is 0.204 e. The third-order valence-electron chi connectivity index (χ3n) is 25.4. The second kappa shape index (κ2) is 24.9. The normalized spacial score (nSPS) is 25.5. The van der Waals surface area contributed by atoms with E-state index < -0.39 is 17.4 Å². The van der Waals surface area contributed by atoms with E-state index in [1.807, 2.05) is 36.4 Å². The number of rotatable bonds is 10. The number of aliphatic imine (C=N–C) groups is 1. The zero-order valence-electron chi connectivity index (χ0n) is 57.9. The maximum absolute atomic E-state index is 15.2. The number of nitrogens with zero attached hydrogens (tertiary/aromatic N) is 2. The number of aliphatic hydroxyl groups is 2. The summed E-state index contributed by atoms with van der Waals surface area (Å²) >= 11 is 0. The van der Waals surface area contributed by atoms with Crippen LogP contribution in [0, 0.1) is 35.0 Å². The van der Waals surface area contributed by atoms with Gasteiger partial charge in [-0.15, -0.1) is 5.92 Å². The number of aromatic amines is 1. The molecule has 2 saturated carbocycles. The molecule has 2 aromatic heterocycles. The number of nitrogens with two attached hydrogens (primary N) is 2. The minimum Gasteiger partial charge on any atom is -0.508 e. The van der Waals surface area contributed by atoms with Crippen molar-refractivity contribution in [2.45, 2.75) is 119 Å². The van der Waals surface area contributed by atoms with E-state index in [4.69, 9.17) is 35.1 Å². The number of aromatic nitrogens is 1. The van der Waals surface area contributed by atoms with Gasteiger partial charge in [0.25, 0.3) is 0 Å². The topological polar surface area (TPSA) is 214 Å². The number of H-pyrrole nitrogens is 1. The van der Waals surface area contributed by atoms with E-state index in [1.165, 1.54) is 62.7 Å². The molecule has 9 N–H and O–H groups in total. The maximum atomic E-state index is 15.2. The number of benzene rings is 8. The minimum absolute atomic E-state index is 0.00641. The highest BCUT2D eigenvalue weighted by Crippen LogP contribution is 2.70. The Bertz CT molecular complexity index is 5270. The Hall–Kier alpha value is -10.0. The molecule has 14 heteroatoms. The zero-order valence-corrected chi connectivity index (χ0v) is 57.9. The van der Waals surface area contributed by atoms with Crippen LogP contribution in [0.2, 0.25) is 0 Å². The van der Waals surface area contributed by atoms with Crippen LogP contribution in [0.15, 0.2) is 178 Å². The van der Waals surface area contributed by atoms with Crippen LogP contribution in [0.3, 0.4) is 0 Å². The Morgan fingerprint density at radius 2 is 1.71 bits per heavy atom. The van der Waals surface area contributed by atoms with Crippen LogP contribution < -0.4 is 41.3 Å². The van der Waals surface area contributed by atoms with Gasteiger partial charge >= 0.3 is 0 Å². The Morgan fingerprint density at radius 3 is 2.56 bits per heavy atom. The molecule has 1 saturated heterocycles. The van der Waals surface area contributed by atoms with E-state index in [9.17, 15) is 15.3 Å². The van der Waals surface area contributed by atoms with E-state index >= 15 is 4.79 Å². The van der Waals surface area contributed by atoms with Crippen molar-refractivity contribution in [3.63, 3.8) is 0 Å². The number of anilines is 1. The summed E-state index contributed by atoms with van der Waals surface area (Å²) in [5, 5.41) is 43.1. The molecule has 11 bridgehead atoms. The molecule has 5 aliphatic carbocycles. The lowest BCUT2D eigenvalue weighted by molar-refractivity contribution is 0.156. The molecule has 0 radical (unpaired) electrons. The molecule has 9 aliphatic rings. The van der Waals surface area contributed by atoms with Crippen molar-refractivity contribution < 1.29 is 33.9 Å². The number of fused-ring (bicyclic) bond motifs is 13. The number of aryl methyl sites for hydroxylation is 3. The van der Waals surface area contributed by atoms with Gasteiger partial charge in [-0.25, -0.2) is 4.99 Å². The summed E-state index contributed by atoms with van der Waals surface area (Å²) in [7, 11) is 1.53. The van der Waals surface area contributed by atoms with Crippen LogP contribution in [0.1, 0.15) is 115 Å². The van der Waals surface area contributed by atoms with E-state index in [2.05, 4.69) is 131 Å². The van der Waals surface area contributed by atoms with Crippen molar-refractivity contribution in [1.29, 1.82) is 0 Å². The van der Waals surface area contributed by atoms with Crippen molar-refractivity contribution in [2.24, 2.45) is 39.6 Å². The van der Waals surface area contributed by atoms with Gasteiger partial charge in [0.15, 0.2) is 22.9 Å². The first-order valence-electron chi connectivity index (χ1n) is 36.8. The standard InChI is InChI=1S/C88H86N6O8/c1-85-33-10-35-86(85)34-9-17-69-70-44-58(30-36-86)65-29-23-60-43-57-14-6-7-16-64(57)66-31-37-87(70,78(65)76(60)66)51-88(69)61-24-20-59(71(45-61)92-84(89)90)42-54(49-95)50-101-80-67(28-19-53-13-8-15-56(41-53)68-46-74(85)93-83(68)94-39-38-91-48-75(88)94)79-77(72(98)47-73(102-79)55-21-26-62(96)27-22-55)81(82(80)99-2)100-40-32-63(97)25-18-52-11-4-3-5-12-52/h3-8,11-16,18,20-27,29,41,43-47,54,63,69-70,75,91,93,95-97H,10,19,28,30-40,42,48-51H2,1-2H3,(H4,89,90,92)/b25-18+/t54-,63+,69-,70-,75-,85+,86+,87+,88+/m1/s1. The van der Waals surface area contributed by atoms with Crippen LogP contribution in [0.5, 0.6) is 23.0 Å². The number of methoxy groups -OCH3 is 1. The highest BCUT2D eigenvalue weighted by molar-refractivity contribution is 6.07. The van der Waals surface area contributed by atoms with Gasteiger partial charge < -0.3 is 60.6 Å². The second-order valence-electron chi connectivity index (χ2n) is 30.6. The lowest BCUT2D eigenvalue weighted by atomic mass is 9.56. The van der Waals surface area contributed by atoms with Crippen LogP contribution in [0.25, 0.3) is 66.6 Å². The second-order valence-corrected chi connectivity index (χ2v) is 30.6. The Kier molecular flexibility index (Phi) is 15.6. The zero-order chi connectivity index (χ0) is 69.2. The fourth-order valence-corrected chi connectivity index (χ4v) is 20.5. The average Bonchev–Trinajstić information content (AvgIpc) is 1.60. The highest BCUT2D eigenvalue weighted by atomic mass is 16.5. The fraction of sp³-hybridized carbons (Fsp3) is 0.341. The van der Waals surface area contributed by atoms with E-state index in [1.54, 1.807) is 30.3 Å². The first-order chi connectivity index (χ1) is 49.8. The molecule has 3 fully saturated rings. The summed E-state index contributed by atoms with van der Waals surface area (Å²) in [6.45, 7) is 4.50. The SMILES string of the molecule is COc1c2c(c3oc(-c4ccc(O)cc4)cc(=O)c3c1OCC[C@@H](O)/C=C/c1ccccc1)CCc1cccc(c1)-c1cc3[nH]c1N1CCNC[C@@H]1[C@@]1(C[C@]45CCc6c7ccccc7cc7ccc(c4c67)C4=C[C@@H]5[C@H]1C#CC[C@]1(CCC[C@@]31C)CC4)c1ccc(c(N=C(N)N)c1)C[C@H](CO)CO2. The number of allylic oxidation sites excluding steroid dienone is 2. The molecule has 4 aliphatic heterocycles. The van der Waals surface area contributed by atoms with Crippen molar-refractivity contribution in [3.8, 4) is 57.3 Å². The van der Waals surface area contributed by atoms with Gasteiger partial charge in [-0.1, -0.05) is 141 Å². The molecule has 0 unspecified atom stereocenters. The summed E-state index contributed by atoms with van der Waals surface area (Å²) in [6.07, 6.45) is 15.5. The van der Waals surface area contributed by atoms with Crippen molar-refractivity contribution in [3.05, 3.63) is 224 Å². The molecular formula is C88H86N6O8. The molecule has 9 atom stereocenters. The van der Waals surface area contributed by atoms with Gasteiger partial charge in [-0.2, -0.15) is 0 Å². The summed E-state index contributed by atoms with van der Waals surface area (Å²) in [4.78, 5) is 27.4. The summed E-state index contributed by atoms with van der Waals surface area (Å²) in [6, 6.07) is 52.4. The number of hydrogen-bond acceptors (Lipinski definition) is 11. The lowest BCUT2D eigenvalue weighted by Crippen LogP contribution is -2.62. The molecule has 3 spiro atoms. The molecule has 102 heavy (non-hydrogen) atoms. The van der Waals surface area contributed by atoms with Gasteiger partial charge in [0.1, 0.15) is 28.3 Å². The number of phenols is 1. The number of nitrogens with one attached hydrogen (secondary N) is 2. The van der Waals surface area contributed by atoms with Gasteiger partial charge in [0, 0.05) is 102 Å². The summed E-state index contributed by atoms with van der Waals surface area (Å²) in [5.74, 6) is 9.99. The van der Waals surface area contributed by atoms with Crippen molar-refractivity contribution in [1.82, 2.24) is 10.3 Å². The predicted molar refractivity (Wildman–Crippen MR) is 405 cm³/mol. The molecule has 0 amide bonds. The van der Waals surface area contributed by atoms with Crippen LogP contribution in [0.4, 0.5) is 11.5 Å². The monoisotopic (exact) mass is 1350 g/mol. The third kappa shape index (κ3) is 10.1. The van der Waals surface area contributed by atoms with E-state index in [0.717, 1.165) is 110 Å². The fourth-order valence-electron chi connectivity index (χ4n) is 20.5. The lowest BCUT2D eigenvalue weighted by Gasteiger charge is -2.51. The Morgan fingerprint density at radius 1 is 0.843 bits per heavy atom. The average molecular weight is 1360 g/mol. The van der Waals surface area contributed by atoms with Crippen LogP contribution >= 0.6 is 0 Å². The maximum Gasteiger partial charge on any atom is 0.204 e. The van der Waals surface area contributed by atoms with Crippen molar-refractivity contribution in [2.75, 3.05) is 51.5 Å². The number of aromatic hydroxyl groups is 1. The minimum atomic E-state index is -0.885. The molecule has 6 heterocycles. The molecule has 516 valence electrons. The van der Waals surface area contributed by atoms with Crippen LogP contribution in [-0.2, 0) is 41.9 Å². The predicted octanol–water partition coefficient (Wildman–Crippen LogP) is 14.8. The van der Waals surface area contributed by atoms with Crippen LogP contribution in [-0.4, -0.2) is 85.0 Å². The van der Waals surface area contributed by atoms with Gasteiger partial charge in [0.05, 0.1) is 38.2 Å². The first kappa shape index (κ1) is 64.1. The van der Waals surface area contributed by atoms with E-state index in [-0.39, 0.29) is 106 Å². The summed E-state index contributed by atoms with van der Waals surface area (Å²) < 4.78 is 27.4. The third-order valence-corrected chi connectivity index (χ3v) is 25.4. The Balaban J connectivity index is 0.859. The molecule has 14 nitrogen and oxygen atoms in total. The van der Waals surface area contributed by atoms with Gasteiger partial charge in [0.2, 0.25) is 5.75 Å². The first-order valence-corrected chi connectivity index (χ1v) is 36.8. The number of ether oxygens (including phenoxy) is 3. The molecule has 8 aromatic carbocycles. The number of hydrogen-bond donors (Lipinski definition) is 7. The largest absolute Gasteiger partial charge is 0.508 e. The van der Waals surface area contributed by atoms with Crippen molar-refractivity contribution >= 4 is 61.6 Å². The molecule has 10 aromatic rings.